The molecule has 2 atom stereocenters. The molecule has 3 nitrogen and oxygen atoms in total. The molecule has 23 heavy (non-hydrogen) atoms. The highest BCUT2D eigenvalue weighted by Crippen LogP contribution is 2.33. The number of hydrogen-bond donors (Lipinski definition) is 1. The summed E-state index contributed by atoms with van der Waals surface area (Å²) in [5.41, 5.74) is 1.59. The summed E-state index contributed by atoms with van der Waals surface area (Å²) in [6.07, 6.45) is 1.50. The van der Waals surface area contributed by atoms with Crippen LogP contribution in [0.1, 0.15) is 30.0 Å². The third kappa shape index (κ3) is 3.42. The molecule has 3 rings (SSSR count). The number of carbonyl (C=O) groups is 1. The quantitative estimate of drug-likeness (QED) is 0.935. The molecule has 1 aliphatic rings. The van der Waals surface area contributed by atoms with Crippen LogP contribution in [0.15, 0.2) is 54.6 Å². The first-order valence-corrected chi connectivity index (χ1v) is 7.93. The smallest absolute Gasteiger partial charge is 0.307 e. The summed E-state index contributed by atoms with van der Waals surface area (Å²) >= 11 is 0. The number of carboxylic acids is 1. The van der Waals surface area contributed by atoms with Crippen molar-refractivity contribution >= 4 is 5.97 Å². The Labute approximate surface area is 135 Å². The minimum Gasteiger partial charge on any atom is -0.481 e. The van der Waals surface area contributed by atoms with E-state index < -0.39 is 5.97 Å². The van der Waals surface area contributed by atoms with Crippen molar-refractivity contribution in [2.24, 2.45) is 5.92 Å². The Morgan fingerprint density at radius 3 is 2.52 bits per heavy atom. The molecule has 0 amide bonds. The molecular formula is C19H20FNO2. The average molecular weight is 313 g/mol. The highest BCUT2D eigenvalue weighted by atomic mass is 19.1. The van der Waals surface area contributed by atoms with Gasteiger partial charge < -0.3 is 5.11 Å². The van der Waals surface area contributed by atoms with Crippen molar-refractivity contribution in [2.45, 2.75) is 18.9 Å². The van der Waals surface area contributed by atoms with Crippen molar-refractivity contribution in [3.8, 4) is 0 Å². The largest absolute Gasteiger partial charge is 0.481 e. The lowest BCUT2D eigenvalue weighted by Gasteiger charge is -2.37. The molecule has 1 fully saturated rings. The summed E-state index contributed by atoms with van der Waals surface area (Å²) in [7, 11) is 0. The van der Waals surface area contributed by atoms with Crippen molar-refractivity contribution in [1.82, 2.24) is 4.90 Å². The number of hydrogen-bond acceptors (Lipinski definition) is 2. The first-order chi connectivity index (χ1) is 11.2. The van der Waals surface area contributed by atoms with E-state index in [0.29, 0.717) is 18.5 Å². The van der Waals surface area contributed by atoms with Gasteiger partial charge in [0.1, 0.15) is 5.82 Å². The van der Waals surface area contributed by atoms with E-state index in [4.69, 9.17) is 0 Å². The normalized spacial score (nSPS) is 20.1. The Morgan fingerprint density at radius 2 is 1.83 bits per heavy atom. The molecule has 2 unspecified atom stereocenters. The molecule has 2 aromatic carbocycles. The van der Waals surface area contributed by atoms with Gasteiger partial charge in [-0.3, -0.25) is 9.69 Å². The number of likely N-dealkylation sites (tertiary alicyclic amines) is 1. The van der Waals surface area contributed by atoms with Crippen LogP contribution in [0.3, 0.4) is 0 Å². The van der Waals surface area contributed by atoms with Crippen molar-refractivity contribution in [1.29, 1.82) is 0 Å². The number of carboxylic acid groups (broad SMARTS) is 1. The lowest BCUT2D eigenvalue weighted by atomic mass is 9.91. The molecule has 120 valence electrons. The zero-order valence-corrected chi connectivity index (χ0v) is 12.9. The summed E-state index contributed by atoms with van der Waals surface area (Å²) in [5.74, 6) is -1.41. The van der Waals surface area contributed by atoms with Crippen molar-refractivity contribution in [3.63, 3.8) is 0 Å². The van der Waals surface area contributed by atoms with Crippen LogP contribution in [0, 0.1) is 11.7 Å². The van der Waals surface area contributed by atoms with E-state index in [1.165, 1.54) is 6.07 Å². The number of nitrogens with zero attached hydrogens (tertiary/aromatic N) is 1. The monoisotopic (exact) mass is 313 g/mol. The Kier molecular flexibility index (Phi) is 4.72. The van der Waals surface area contributed by atoms with Gasteiger partial charge in [0, 0.05) is 12.1 Å². The standard InChI is InChI=1S/C19H20FNO2/c20-17-11-5-4-10-16(17)18(14-7-2-1-3-8-14)21-12-6-9-15(13-21)19(22)23/h1-5,7-8,10-11,15,18H,6,9,12-13H2,(H,22,23). The van der Waals surface area contributed by atoms with E-state index in [1.807, 2.05) is 36.4 Å². The van der Waals surface area contributed by atoms with Gasteiger partial charge in [0.25, 0.3) is 0 Å². The van der Waals surface area contributed by atoms with E-state index in [1.54, 1.807) is 12.1 Å². The predicted octanol–water partition coefficient (Wildman–Crippen LogP) is 3.71. The Balaban J connectivity index is 1.99. The molecular weight excluding hydrogens is 293 g/mol. The van der Waals surface area contributed by atoms with E-state index >= 15 is 0 Å². The topological polar surface area (TPSA) is 40.5 Å². The summed E-state index contributed by atoms with van der Waals surface area (Å²) in [4.78, 5) is 13.5. The predicted molar refractivity (Wildman–Crippen MR) is 86.6 cm³/mol. The molecule has 0 spiro atoms. The Bertz CT molecular complexity index is 674. The summed E-state index contributed by atoms with van der Waals surface area (Å²) in [5, 5.41) is 9.33. The van der Waals surface area contributed by atoms with Gasteiger partial charge in [-0.2, -0.15) is 0 Å². The second-order valence-corrected chi connectivity index (χ2v) is 6.01. The first kappa shape index (κ1) is 15.7. The van der Waals surface area contributed by atoms with Crippen molar-refractivity contribution in [2.75, 3.05) is 13.1 Å². The van der Waals surface area contributed by atoms with Gasteiger partial charge in [-0.25, -0.2) is 4.39 Å². The highest BCUT2D eigenvalue weighted by molar-refractivity contribution is 5.70. The third-order valence-electron chi connectivity index (χ3n) is 4.48. The molecule has 0 bridgehead atoms. The fourth-order valence-corrected chi connectivity index (χ4v) is 3.36. The van der Waals surface area contributed by atoms with Gasteiger partial charge in [-0.1, -0.05) is 48.5 Å². The van der Waals surface area contributed by atoms with Crippen LogP contribution in [-0.4, -0.2) is 29.1 Å². The maximum atomic E-state index is 14.4. The average Bonchev–Trinajstić information content (AvgIpc) is 2.58. The zero-order chi connectivity index (χ0) is 16.2. The lowest BCUT2D eigenvalue weighted by molar-refractivity contribution is -0.143. The number of aliphatic carboxylic acids is 1. The third-order valence-corrected chi connectivity index (χ3v) is 4.48. The molecule has 0 saturated carbocycles. The maximum Gasteiger partial charge on any atom is 0.307 e. The Morgan fingerprint density at radius 1 is 1.13 bits per heavy atom. The second kappa shape index (κ2) is 6.92. The van der Waals surface area contributed by atoms with Crippen LogP contribution in [-0.2, 0) is 4.79 Å². The minimum absolute atomic E-state index is 0.250. The van der Waals surface area contributed by atoms with Crippen LogP contribution in [0.2, 0.25) is 0 Å². The fraction of sp³-hybridized carbons (Fsp3) is 0.316. The lowest BCUT2D eigenvalue weighted by Crippen LogP contribution is -2.41. The summed E-state index contributed by atoms with van der Waals surface area (Å²) < 4.78 is 14.4. The van der Waals surface area contributed by atoms with Crippen LogP contribution < -0.4 is 0 Å². The molecule has 0 aromatic heterocycles. The van der Waals surface area contributed by atoms with Crippen LogP contribution in [0.25, 0.3) is 0 Å². The minimum atomic E-state index is -0.768. The molecule has 1 heterocycles. The number of halogens is 1. The molecule has 1 aliphatic heterocycles. The van der Waals surface area contributed by atoms with E-state index in [9.17, 15) is 14.3 Å². The van der Waals surface area contributed by atoms with Gasteiger partial charge in [0.15, 0.2) is 0 Å². The molecule has 0 radical (unpaired) electrons. The first-order valence-electron chi connectivity index (χ1n) is 7.93. The van der Waals surface area contributed by atoms with Crippen molar-refractivity contribution < 1.29 is 14.3 Å². The van der Waals surface area contributed by atoms with Gasteiger partial charge >= 0.3 is 5.97 Å². The van der Waals surface area contributed by atoms with Crippen LogP contribution in [0.5, 0.6) is 0 Å². The molecule has 2 aromatic rings. The second-order valence-electron chi connectivity index (χ2n) is 6.01. The number of rotatable bonds is 4. The SMILES string of the molecule is O=C(O)C1CCCN(C(c2ccccc2)c2ccccc2F)C1. The van der Waals surface area contributed by atoms with E-state index in [-0.39, 0.29) is 17.8 Å². The molecule has 1 saturated heterocycles. The van der Waals surface area contributed by atoms with E-state index in [2.05, 4.69) is 4.90 Å². The van der Waals surface area contributed by atoms with Crippen molar-refractivity contribution in [3.05, 3.63) is 71.5 Å². The van der Waals surface area contributed by atoms with Gasteiger partial charge in [0.05, 0.1) is 12.0 Å². The molecule has 0 aliphatic carbocycles. The molecule has 1 N–H and O–H groups in total. The zero-order valence-electron chi connectivity index (χ0n) is 12.9. The van der Waals surface area contributed by atoms with Crippen LogP contribution >= 0.6 is 0 Å². The van der Waals surface area contributed by atoms with Gasteiger partial charge in [-0.05, 0) is 31.0 Å². The maximum absolute atomic E-state index is 14.4. The summed E-state index contributed by atoms with van der Waals surface area (Å²) in [6.45, 7) is 1.22. The van der Waals surface area contributed by atoms with Crippen LogP contribution in [0.4, 0.5) is 4.39 Å². The fourth-order valence-electron chi connectivity index (χ4n) is 3.36. The van der Waals surface area contributed by atoms with Gasteiger partial charge in [0.2, 0.25) is 0 Å². The highest BCUT2D eigenvalue weighted by Gasteiger charge is 2.32. The van der Waals surface area contributed by atoms with Gasteiger partial charge in [-0.15, -0.1) is 0 Å². The Hall–Kier alpha value is -2.20. The number of benzene rings is 2. The summed E-state index contributed by atoms with van der Waals surface area (Å²) in [6, 6.07) is 16.2. The number of piperidine rings is 1. The van der Waals surface area contributed by atoms with E-state index in [0.717, 1.165) is 18.5 Å². The molecule has 4 heteroatoms.